The molecule has 1 N–H and O–H groups in total. The molecule has 6 heteroatoms. The number of anilines is 1. The van der Waals surface area contributed by atoms with E-state index in [-0.39, 0.29) is 11.7 Å². The molecule has 0 unspecified atom stereocenters. The zero-order valence-electron chi connectivity index (χ0n) is 12.5. The van der Waals surface area contributed by atoms with E-state index in [1.807, 2.05) is 4.90 Å². The summed E-state index contributed by atoms with van der Waals surface area (Å²) < 4.78 is 25.4. The predicted octanol–water partition coefficient (Wildman–Crippen LogP) is 2.32. The minimum Gasteiger partial charge on any atom is -0.338 e. The predicted molar refractivity (Wildman–Crippen MR) is 83.8 cm³/mol. The fourth-order valence-corrected chi connectivity index (χ4v) is 3.13. The van der Waals surface area contributed by atoms with E-state index in [9.17, 15) is 13.2 Å². The zero-order chi connectivity index (χ0) is 15.5. The highest BCUT2D eigenvalue weighted by Gasteiger charge is 2.21. The van der Waals surface area contributed by atoms with Crippen LogP contribution in [-0.2, 0) is 10.0 Å². The molecule has 0 saturated carbocycles. The summed E-state index contributed by atoms with van der Waals surface area (Å²) in [7, 11) is -3.28. The van der Waals surface area contributed by atoms with Gasteiger partial charge in [-0.05, 0) is 49.9 Å². The molecule has 5 nitrogen and oxygen atoms in total. The van der Waals surface area contributed by atoms with Crippen LogP contribution >= 0.6 is 0 Å². The lowest BCUT2D eigenvalue weighted by molar-refractivity contribution is 0.0683. The Morgan fingerprint density at radius 1 is 1.33 bits per heavy atom. The first-order valence-electron chi connectivity index (χ1n) is 7.31. The summed E-state index contributed by atoms with van der Waals surface area (Å²) in [6.45, 7) is 5.33. The molecule has 1 amide bonds. The van der Waals surface area contributed by atoms with Crippen LogP contribution in [0.4, 0.5) is 5.69 Å². The van der Waals surface area contributed by atoms with Crippen molar-refractivity contribution in [3.63, 3.8) is 0 Å². The maximum Gasteiger partial charge on any atom is 0.253 e. The fraction of sp³-hybridized carbons (Fsp3) is 0.533. The Kier molecular flexibility index (Phi) is 4.88. The summed E-state index contributed by atoms with van der Waals surface area (Å²) in [5, 5.41) is 0. The van der Waals surface area contributed by atoms with Gasteiger partial charge in [-0.25, -0.2) is 8.42 Å². The second-order valence-corrected chi connectivity index (χ2v) is 7.59. The Bertz CT molecular complexity index is 596. The van der Waals surface area contributed by atoms with Crippen LogP contribution in [0.1, 0.15) is 37.0 Å². The maximum atomic E-state index is 12.4. The first-order valence-corrected chi connectivity index (χ1v) is 8.96. The van der Waals surface area contributed by atoms with E-state index in [0.717, 1.165) is 19.5 Å². The summed E-state index contributed by atoms with van der Waals surface area (Å²) >= 11 is 0. The van der Waals surface area contributed by atoms with Crippen molar-refractivity contribution in [3.8, 4) is 0 Å². The number of likely N-dealkylation sites (tertiary alicyclic amines) is 1. The van der Waals surface area contributed by atoms with Crippen molar-refractivity contribution >= 4 is 21.6 Å². The number of hydrogen-bond acceptors (Lipinski definition) is 3. The lowest BCUT2D eigenvalue weighted by Crippen LogP contribution is -2.39. The molecule has 1 saturated heterocycles. The molecule has 0 spiro atoms. The second kappa shape index (κ2) is 6.47. The molecule has 1 aromatic carbocycles. The Labute approximate surface area is 126 Å². The van der Waals surface area contributed by atoms with Gasteiger partial charge >= 0.3 is 0 Å². The first-order chi connectivity index (χ1) is 9.91. The van der Waals surface area contributed by atoms with Gasteiger partial charge in [0.15, 0.2) is 0 Å². The SMILES string of the molecule is CCS(=O)(=O)Nc1ccc(C(=O)N2CCC[C@@H](C)C2)cc1. The lowest BCUT2D eigenvalue weighted by Gasteiger charge is -2.31. The number of benzene rings is 1. The summed E-state index contributed by atoms with van der Waals surface area (Å²) in [5.41, 5.74) is 1.09. The molecule has 1 aromatic rings. The van der Waals surface area contributed by atoms with Gasteiger partial charge < -0.3 is 4.90 Å². The highest BCUT2D eigenvalue weighted by Crippen LogP contribution is 2.19. The van der Waals surface area contributed by atoms with Crippen LogP contribution in [0.15, 0.2) is 24.3 Å². The molecule has 116 valence electrons. The van der Waals surface area contributed by atoms with Crippen molar-refractivity contribution in [2.45, 2.75) is 26.7 Å². The monoisotopic (exact) mass is 310 g/mol. The number of amides is 1. The number of hydrogen-bond donors (Lipinski definition) is 1. The largest absolute Gasteiger partial charge is 0.338 e. The standard InChI is InChI=1S/C15H22N2O3S/c1-3-21(19,20)16-14-8-6-13(7-9-14)15(18)17-10-4-5-12(2)11-17/h6-9,12,16H,3-5,10-11H2,1-2H3/t12-/m1/s1. The van der Waals surface area contributed by atoms with Gasteiger partial charge in [0.2, 0.25) is 10.0 Å². The smallest absolute Gasteiger partial charge is 0.253 e. The van der Waals surface area contributed by atoms with Crippen molar-refractivity contribution in [3.05, 3.63) is 29.8 Å². The summed E-state index contributed by atoms with van der Waals surface area (Å²) in [6.07, 6.45) is 2.21. The molecule has 1 heterocycles. The third-order valence-corrected chi connectivity index (χ3v) is 5.04. The minimum atomic E-state index is -3.28. The van der Waals surface area contributed by atoms with E-state index in [4.69, 9.17) is 0 Å². The Balaban J connectivity index is 2.06. The van der Waals surface area contributed by atoms with Gasteiger partial charge in [-0.15, -0.1) is 0 Å². The molecule has 1 aliphatic rings. The van der Waals surface area contributed by atoms with Gasteiger partial charge in [0.1, 0.15) is 0 Å². The zero-order valence-corrected chi connectivity index (χ0v) is 13.3. The quantitative estimate of drug-likeness (QED) is 0.928. The van der Waals surface area contributed by atoms with E-state index in [0.29, 0.717) is 17.2 Å². The van der Waals surface area contributed by atoms with Crippen LogP contribution in [0, 0.1) is 5.92 Å². The molecular weight excluding hydrogens is 288 g/mol. The molecule has 1 fully saturated rings. The summed E-state index contributed by atoms with van der Waals surface area (Å²) in [4.78, 5) is 14.3. The van der Waals surface area contributed by atoms with E-state index < -0.39 is 10.0 Å². The van der Waals surface area contributed by atoms with Gasteiger partial charge in [0.05, 0.1) is 5.75 Å². The van der Waals surface area contributed by atoms with Gasteiger partial charge in [-0.1, -0.05) is 6.92 Å². The van der Waals surface area contributed by atoms with Crippen molar-refractivity contribution in [2.75, 3.05) is 23.6 Å². The Morgan fingerprint density at radius 2 is 2.00 bits per heavy atom. The number of nitrogens with zero attached hydrogens (tertiary/aromatic N) is 1. The summed E-state index contributed by atoms with van der Waals surface area (Å²) in [6, 6.07) is 6.62. The molecule has 2 rings (SSSR count). The van der Waals surface area contributed by atoms with E-state index in [1.54, 1.807) is 31.2 Å². The maximum absolute atomic E-state index is 12.4. The molecule has 0 radical (unpaired) electrons. The van der Waals surface area contributed by atoms with Gasteiger partial charge in [0.25, 0.3) is 5.91 Å². The van der Waals surface area contributed by atoms with Crippen LogP contribution in [-0.4, -0.2) is 38.1 Å². The number of carbonyl (C=O) groups is 1. The van der Waals surface area contributed by atoms with Gasteiger partial charge in [-0.3, -0.25) is 9.52 Å². The van der Waals surface area contributed by atoms with Crippen LogP contribution in [0.2, 0.25) is 0 Å². The Morgan fingerprint density at radius 3 is 2.57 bits per heavy atom. The van der Waals surface area contributed by atoms with E-state index >= 15 is 0 Å². The number of sulfonamides is 1. The highest BCUT2D eigenvalue weighted by atomic mass is 32.2. The van der Waals surface area contributed by atoms with E-state index in [1.165, 1.54) is 6.42 Å². The van der Waals surface area contributed by atoms with E-state index in [2.05, 4.69) is 11.6 Å². The summed E-state index contributed by atoms with van der Waals surface area (Å²) in [5.74, 6) is 0.587. The van der Waals surface area contributed by atoms with Crippen LogP contribution < -0.4 is 4.72 Å². The average Bonchev–Trinajstić information content (AvgIpc) is 2.47. The molecular formula is C15H22N2O3S. The number of rotatable bonds is 4. The van der Waals surface area contributed by atoms with Crippen molar-refractivity contribution in [2.24, 2.45) is 5.92 Å². The average molecular weight is 310 g/mol. The third-order valence-electron chi connectivity index (χ3n) is 3.73. The molecule has 0 bridgehead atoms. The lowest BCUT2D eigenvalue weighted by atomic mass is 9.99. The highest BCUT2D eigenvalue weighted by molar-refractivity contribution is 7.92. The molecule has 21 heavy (non-hydrogen) atoms. The molecule has 0 aliphatic carbocycles. The molecule has 1 aliphatic heterocycles. The van der Waals surface area contributed by atoms with Crippen LogP contribution in [0.3, 0.4) is 0 Å². The van der Waals surface area contributed by atoms with Gasteiger partial charge in [-0.2, -0.15) is 0 Å². The third kappa shape index (κ3) is 4.20. The molecule has 0 aromatic heterocycles. The van der Waals surface area contributed by atoms with Gasteiger partial charge in [0, 0.05) is 24.3 Å². The number of nitrogens with one attached hydrogen (secondary N) is 1. The van der Waals surface area contributed by atoms with Crippen LogP contribution in [0.5, 0.6) is 0 Å². The normalized spacial score (nSPS) is 19.3. The number of carbonyl (C=O) groups excluding carboxylic acids is 1. The first kappa shape index (κ1) is 15.8. The fourth-order valence-electron chi connectivity index (χ4n) is 2.49. The Hall–Kier alpha value is -1.56. The molecule has 1 atom stereocenters. The second-order valence-electron chi connectivity index (χ2n) is 5.58. The topological polar surface area (TPSA) is 66.5 Å². The van der Waals surface area contributed by atoms with Crippen molar-refractivity contribution in [1.82, 2.24) is 4.90 Å². The van der Waals surface area contributed by atoms with Crippen molar-refractivity contribution in [1.29, 1.82) is 0 Å². The van der Waals surface area contributed by atoms with Crippen LogP contribution in [0.25, 0.3) is 0 Å². The van der Waals surface area contributed by atoms with Crippen molar-refractivity contribution < 1.29 is 13.2 Å². The number of piperidine rings is 1. The minimum absolute atomic E-state index is 0.0199.